The average Bonchev–Trinajstić information content (AvgIpc) is 2.82. The van der Waals surface area contributed by atoms with Gasteiger partial charge in [-0.05, 0) is 45.4 Å². The Hall–Kier alpha value is -3.76. The molecule has 0 unspecified atom stereocenters. The van der Waals surface area contributed by atoms with E-state index in [0.29, 0.717) is 23.0 Å². The van der Waals surface area contributed by atoms with Crippen molar-refractivity contribution in [3.05, 3.63) is 109 Å². The minimum absolute atomic E-state index is 0.00743. The Labute approximate surface area is 229 Å². The van der Waals surface area contributed by atoms with E-state index in [-0.39, 0.29) is 27.8 Å². The zero-order valence-electron chi connectivity index (χ0n) is 22.2. The second-order valence-electron chi connectivity index (χ2n) is 10.2. The number of pyridine rings is 4. The molecule has 0 fully saturated rings. The molecule has 13 heteroatoms. The Bertz CT molecular complexity index is 1720. The lowest BCUT2D eigenvalue weighted by Crippen LogP contribution is -2.37. The number of hydrogen-bond acceptors (Lipinski definition) is 6. The number of halogens is 3. The van der Waals surface area contributed by atoms with Crippen LogP contribution in [0.4, 0.5) is 8.78 Å². The maximum atomic E-state index is 14.4. The molecule has 0 aliphatic carbocycles. The van der Waals surface area contributed by atoms with Crippen molar-refractivity contribution in [2.24, 2.45) is 0 Å². The number of aliphatic hydroxyl groups is 1. The first-order valence-electron chi connectivity index (χ1n) is 12.0. The van der Waals surface area contributed by atoms with Crippen LogP contribution >= 0.6 is 11.6 Å². The summed E-state index contributed by atoms with van der Waals surface area (Å²) in [4.78, 5) is 34.7. The van der Waals surface area contributed by atoms with Crippen molar-refractivity contribution < 1.29 is 18.6 Å². The molecule has 4 rings (SSSR count). The summed E-state index contributed by atoms with van der Waals surface area (Å²) >= 11 is 6.45. The molecule has 0 spiro atoms. The van der Waals surface area contributed by atoms with Gasteiger partial charge in [-0.25, -0.2) is 13.8 Å². The first kappa shape index (κ1) is 28.3. The summed E-state index contributed by atoms with van der Waals surface area (Å²) in [6.45, 7) is 6.43. The van der Waals surface area contributed by atoms with Crippen molar-refractivity contribution in [3.63, 3.8) is 0 Å². The van der Waals surface area contributed by atoms with Crippen LogP contribution in [0.25, 0.3) is 11.5 Å². The molecule has 4 heterocycles. The standard InChI is InChI=1S/C26H25B2ClF2N4O4/c1-13-11-32-20(34-7-5-6-16(23(34)36)25(3,4)38)10-18(13)35-14(2)8-19(21(29)24(35)37)39-26(27,28)22-17(31)9-15(30)12-33-22/h5-12,38H,27-28H2,1-4H3. The molecule has 0 saturated heterocycles. The van der Waals surface area contributed by atoms with E-state index in [4.69, 9.17) is 16.3 Å². The van der Waals surface area contributed by atoms with Crippen molar-refractivity contribution in [2.75, 3.05) is 0 Å². The van der Waals surface area contributed by atoms with Gasteiger partial charge in [-0.3, -0.25) is 23.7 Å². The van der Waals surface area contributed by atoms with Crippen LogP contribution in [0.1, 0.15) is 36.4 Å². The molecule has 0 bridgehead atoms. The lowest BCUT2D eigenvalue weighted by atomic mass is 9.62. The molecule has 4 aromatic rings. The van der Waals surface area contributed by atoms with Crippen LogP contribution in [0.5, 0.6) is 5.75 Å². The molecule has 0 aliphatic rings. The van der Waals surface area contributed by atoms with Crippen molar-refractivity contribution in [2.45, 2.75) is 38.7 Å². The minimum Gasteiger partial charge on any atom is -0.498 e. The summed E-state index contributed by atoms with van der Waals surface area (Å²) in [5.74, 6) is -1.50. The van der Waals surface area contributed by atoms with Crippen molar-refractivity contribution in [1.82, 2.24) is 19.1 Å². The van der Waals surface area contributed by atoms with Gasteiger partial charge in [0.15, 0.2) is 15.7 Å². The molecular formula is C26H25B2ClF2N4O4. The fourth-order valence-corrected chi connectivity index (χ4v) is 4.43. The predicted octanol–water partition coefficient (Wildman–Crippen LogP) is 2.01. The third-order valence-electron chi connectivity index (χ3n) is 6.20. The molecule has 200 valence electrons. The highest BCUT2D eigenvalue weighted by Crippen LogP contribution is 2.30. The van der Waals surface area contributed by atoms with Gasteiger partial charge in [0.05, 0.1) is 22.9 Å². The summed E-state index contributed by atoms with van der Waals surface area (Å²) in [7, 11) is 3.04. The molecule has 0 radical (unpaired) electrons. The molecular weight excluding hydrogens is 527 g/mol. The topological polar surface area (TPSA) is 99.2 Å². The number of ether oxygens (including phenoxy) is 1. The monoisotopic (exact) mass is 552 g/mol. The number of nitrogens with zero attached hydrogens (tertiary/aromatic N) is 4. The first-order chi connectivity index (χ1) is 18.1. The van der Waals surface area contributed by atoms with Crippen LogP contribution in [0.3, 0.4) is 0 Å². The van der Waals surface area contributed by atoms with E-state index >= 15 is 0 Å². The van der Waals surface area contributed by atoms with E-state index in [1.54, 1.807) is 26.0 Å². The van der Waals surface area contributed by atoms with Crippen LogP contribution in [-0.2, 0) is 11.0 Å². The predicted molar refractivity (Wildman–Crippen MR) is 149 cm³/mol. The third kappa shape index (κ3) is 5.39. The number of aromatic nitrogens is 4. The lowest BCUT2D eigenvalue weighted by molar-refractivity contribution is 0.0767. The van der Waals surface area contributed by atoms with Gasteiger partial charge in [-0.2, -0.15) is 0 Å². The Morgan fingerprint density at radius 1 is 1.05 bits per heavy atom. The zero-order valence-corrected chi connectivity index (χ0v) is 23.0. The average molecular weight is 553 g/mol. The summed E-state index contributed by atoms with van der Waals surface area (Å²) in [5, 5.41) is 8.72. The Balaban J connectivity index is 1.81. The van der Waals surface area contributed by atoms with E-state index < -0.39 is 33.8 Å². The molecule has 0 aromatic carbocycles. The summed E-state index contributed by atoms with van der Waals surface area (Å²) in [6.07, 6.45) is 3.91. The molecule has 0 saturated carbocycles. The second-order valence-corrected chi connectivity index (χ2v) is 10.6. The van der Waals surface area contributed by atoms with Gasteiger partial charge < -0.3 is 9.84 Å². The summed E-state index contributed by atoms with van der Waals surface area (Å²) in [6, 6.07) is 6.95. The molecule has 8 nitrogen and oxygen atoms in total. The fraction of sp³-hybridized carbons (Fsp3) is 0.231. The highest BCUT2D eigenvalue weighted by atomic mass is 35.5. The van der Waals surface area contributed by atoms with Crippen LogP contribution in [0.15, 0.2) is 58.5 Å². The lowest BCUT2D eigenvalue weighted by Gasteiger charge is -2.28. The molecule has 0 atom stereocenters. The summed E-state index contributed by atoms with van der Waals surface area (Å²) < 4.78 is 36.3. The smallest absolute Gasteiger partial charge is 0.277 e. The third-order valence-corrected chi connectivity index (χ3v) is 6.55. The van der Waals surface area contributed by atoms with Gasteiger partial charge in [0, 0.05) is 41.9 Å². The van der Waals surface area contributed by atoms with Gasteiger partial charge in [0.2, 0.25) is 0 Å². The SMILES string of the molecule is BC(B)(Oc1cc(C)n(-c2cc(-n3cccc(C(C)(C)O)c3=O)ncc2C)c(=O)c1Cl)c1ncc(F)cc1F. The molecule has 4 aromatic heterocycles. The van der Waals surface area contributed by atoms with E-state index in [1.807, 2.05) is 0 Å². The van der Waals surface area contributed by atoms with Gasteiger partial charge in [-0.15, -0.1) is 0 Å². The van der Waals surface area contributed by atoms with Gasteiger partial charge in [0.25, 0.3) is 11.1 Å². The largest absolute Gasteiger partial charge is 0.498 e. The Morgan fingerprint density at radius 2 is 1.74 bits per heavy atom. The Kier molecular flexibility index (Phi) is 7.31. The van der Waals surface area contributed by atoms with Crippen molar-refractivity contribution >= 4 is 27.3 Å². The van der Waals surface area contributed by atoms with Crippen LogP contribution in [-0.4, -0.2) is 39.9 Å². The quantitative estimate of drug-likeness (QED) is 0.368. The summed E-state index contributed by atoms with van der Waals surface area (Å²) in [5.41, 5.74) is -0.947. The zero-order chi connectivity index (χ0) is 28.9. The molecule has 0 amide bonds. The van der Waals surface area contributed by atoms with Crippen LogP contribution in [0, 0.1) is 25.5 Å². The molecule has 39 heavy (non-hydrogen) atoms. The van der Waals surface area contributed by atoms with Crippen molar-refractivity contribution in [3.8, 4) is 17.3 Å². The van der Waals surface area contributed by atoms with Crippen LogP contribution < -0.4 is 15.9 Å². The normalized spacial score (nSPS) is 12.0. The fourth-order valence-electron chi connectivity index (χ4n) is 4.25. The highest BCUT2D eigenvalue weighted by Gasteiger charge is 2.30. The van der Waals surface area contributed by atoms with E-state index in [1.165, 1.54) is 63.2 Å². The molecule has 1 N–H and O–H groups in total. The second kappa shape index (κ2) is 10.1. The maximum Gasteiger partial charge on any atom is 0.277 e. The van der Waals surface area contributed by atoms with Crippen molar-refractivity contribution in [1.29, 1.82) is 0 Å². The number of aryl methyl sites for hydroxylation is 2. The number of hydrogen-bond donors (Lipinski definition) is 1. The van der Waals surface area contributed by atoms with E-state index in [0.717, 1.165) is 6.20 Å². The number of rotatable bonds is 6. The van der Waals surface area contributed by atoms with E-state index in [2.05, 4.69) is 9.97 Å². The van der Waals surface area contributed by atoms with Gasteiger partial charge in [0.1, 0.15) is 33.9 Å². The Morgan fingerprint density at radius 3 is 2.38 bits per heavy atom. The van der Waals surface area contributed by atoms with E-state index in [9.17, 15) is 23.5 Å². The maximum absolute atomic E-state index is 14.4. The molecule has 0 aliphatic heterocycles. The van der Waals surface area contributed by atoms with Gasteiger partial charge in [-0.1, -0.05) is 11.6 Å². The minimum atomic E-state index is -1.39. The van der Waals surface area contributed by atoms with Gasteiger partial charge >= 0.3 is 0 Å². The highest BCUT2D eigenvalue weighted by molar-refractivity contribution is 6.39. The van der Waals surface area contributed by atoms with Crippen LogP contribution in [0.2, 0.25) is 5.02 Å². The first-order valence-corrected chi connectivity index (χ1v) is 12.3.